The summed E-state index contributed by atoms with van der Waals surface area (Å²) in [5.41, 5.74) is 0.435. The minimum absolute atomic E-state index is 0. The second kappa shape index (κ2) is 5.13. The molecular weight excluding hydrogens is 351 g/mol. The van der Waals surface area contributed by atoms with E-state index in [-0.39, 0.29) is 33.0 Å². The number of rotatable bonds is 1. The minimum atomic E-state index is -0.398. The average molecular weight is 361 g/mol. The number of phenolic OH excluding ortho intramolecular Hbond substituents is 1. The molecule has 1 aromatic rings. The van der Waals surface area contributed by atoms with E-state index in [1.54, 1.807) is 0 Å². The first-order chi connectivity index (χ1) is 5.24. The zero-order chi connectivity index (χ0) is 8.27. The van der Waals surface area contributed by atoms with Gasteiger partial charge >= 0.3 is 33.3 Å². The Morgan fingerprint density at radius 2 is 1.83 bits per heavy atom. The van der Waals surface area contributed by atoms with E-state index in [4.69, 9.17) is 5.11 Å². The van der Waals surface area contributed by atoms with E-state index in [9.17, 15) is 4.79 Å². The average Bonchev–Trinajstić information content (AvgIpc) is 2.05. The molecule has 0 heterocycles. The van der Waals surface area contributed by atoms with E-state index in [2.05, 4.69) is 4.74 Å². The van der Waals surface area contributed by atoms with Crippen molar-refractivity contribution in [2.24, 2.45) is 0 Å². The molecule has 0 aliphatic carbocycles. The summed E-state index contributed by atoms with van der Waals surface area (Å²) < 4.78 is 4.46. The van der Waals surface area contributed by atoms with Crippen LogP contribution in [-0.4, -0.2) is 45.5 Å². The van der Waals surface area contributed by atoms with Crippen LogP contribution in [0.4, 0.5) is 0 Å². The quantitative estimate of drug-likeness (QED) is 0.577. The van der Waals surface area contributed by atoms with Gasteiger partial charge in [-0.05, 0) is 24.3 Å². The van der Waals surface area contributed by atoms with Crippen LogP contribution in [0, 0.1) is 0 Å². The fourth-order valence-electron chi connectivity index (χ4n) is 0.715. The molecule has 0 saturated carbocycles. The fraction of sp³-hybridized carbons (Fsp3) is 0.125. The molecule has 1 rings (SSSR count). The number of carbonyl (C=O) groups excluding carboxylic acids is 1. The van der Waals surface area contributed by atoms with Crippen molar-refractivity contribution in [2.75, 3.05) is 7.11 Å². The van der Waals surface area contributed by atoms with Gasteiger partial charge in [-0.15, -0.1) is 0 Å². The summed E-state index contributed by atoms with van der Waals surface area (Å²) in [6, 6.07) is 5.88. The molecule has 0 atom stereocenters. The van der Waals surface area contributed by atoms with Gasteiger partial charge in [0.15, 0.2) is 0 Å². The number of esters is 1. The van der Waals surface area contributed by atoms with Crippen LogP contribution in [0.5, 0.6) is 5.75 Å². The number of methoxy groups -OCH3 is 1. The molecule has 3 nitrogen and oxygen atoms in total. The number of benzene rings is 1. The van der Waals surface area contributed by atoms with Crippen LogP contribution in [0.1, 0.15) is 10.4 Å². The van der Waals surface area contributed by atoms with Crippen molar-refractivity contribution in [3.63, 3.8) is 0 Å². The normalized spacial score (nSPS) is 8.42. The molecule has 0 unspecified atom stereocenters. The Balaban J connectivity index is 0.00000121. The van der Waals surface area contributed by atoms with Gasteiger partial charge in [0.1, 0.15) is 5.75 Å². The number of phenols is 1. The molecule has 0 bridgehead atoms. The predicted octanol–water partition coefficient (Wildman–Crippen LogP) is 0.263. The molecule has 0 aliphatic rings. The number of ether oxygens (including phenoxy) is 1. The van der Waals surface area contributed by atoms with Gasteiger partial charge in [-0.2, -0.15) is 0 Å². The van der Waals surface area contributed by atoms with E-state index in [1.165, 1.54) is 31.4 Å². The van der Waals surface area contributed by atoms with Gasteiger partial charge in [-0.3, -0.25) is 0 Å². The number of aromatic hydroxyl groups is 1. The topological polar surface area (TPSA) is 46.5 Å². The molecule has 64 valence electrons. The Hall–Kier alpha value is -0.588. The van der Waals surface area contributed by atoms with Gasteiger partial charge in [0, 0.05) is 0 Å². The van der Waals surface area contributed by atoms with Gasteiger partial charge in [0.05, 0.1) is 12.7 Å². The monoisotopic (exact) mass is 362 g/mol. The van der Waals surface area contributed by atoms with E-state index < -0.39 is 5.97 Å². The first-order valence-electron chi connectivity index (χ1n) is 3.11. The number of hydrogen-bond donors (Lipinski definition) is 1. The molecule has 2 radical (unpaired) electrons. The van der Waals surface area contributed by atoms with Crippen LogP contribution in [0.3, 0.4) is 0 Å². The van der Waals surface area contributed by atoms with Crippen LogP contribution in [0.2, 0.25) is 0 Å². The maximum atomic E-state index is 10.8. The van der Waals surface area contributed by atoms with Gasteiger partial charge in [0.2, 0.25) is 0 Å². The van der Waals surface area contributed by atoms with Crippen LogP contribution >= 0.6 is 0 Å². The summed E-state index contributed by atoms with van der Waals surface area (Å²) in [7, 11) is 1.31. The molecule has 0 amide bonds. The van der Waals surface area contributed by atoms with Gasteiger partial charge in [-0.25, -0.2) is 4.79 Å². The molecule has 4 heteroatoms. The van der Waals surface area contributed by atoms with Gasteiger partial charge in [0.25, 0.3) is 0 Å². The molecular formula is C8H10O3Pb. The summed E-state index contributed by atoms with van der Waals surface area (Å²) in [4.78, 5) is 10.8. The Kier molecular flexibility index (Phi) is 4.88. The molecule has 0 aliphatic heterocycles. The molecule has 1 N–H and O–H groups in total. The number of carbonyl (C=O) groups is 1. The molecule has 0 aromatic heterocycles. The standard InChI is InChI=1S/C8H8O3.Pb.2H/c1-11-8(10)6-2-4-7(9)5-3-6;;;/h2-5,9H,1H3;;;. The fourth-order valence-corrected chi connectivity index (χ4v) is 0.715. The van der Waals surface area contributed by atoms with Crippen molar-refractivity contribution in [3.8, 4) is 5.75 Å². The van der Waals surface area contributed by atoms with Crippen molar-refractivity contribution >= 4 is 33.3 Å². The maximum absolute atomic E-state index is 10.8. The summed E-state index contributed by atoms with van der Waals surface area (Å²) in [5.74, 6) is -0.261. The number of hydrogen-bond acceptors (Lipinski definition) is 3. The Morgan fingerprint density at radius 3 is 2.25 bits per heavy atom. The SMILES string of the molecule is COC(=O)c1ccc(O)cc1.[PbH2]. The van der Waals surface area contributed by atoms with Crippen molar-refractivity contribution < 1.29 is 14.6 Å². The third-order valence-corrected chi connectivity index (χ3v) is 1.29. The van der Waals surface area contributed by atoms with E-state index in [0.29, 0.717) is 5.56 Å². The van der Waals surface area contributed by atoms with Crippen molar-refractivity contribution in [2.45, 2.75) is 0 Å². The summed E-state index contributed by atoms with van der Waals surface area (Å²) >= 11 is 0. The Labute approximate surface area is 90.5 Å². The first-order valence-corrected chi connectivity index (χ1v) is 3.11. The zero-order valence-corrected chi connectivity index (χ0v) is 12.3. The van der Waals surface area contributed by atoms with Crippen molar-refractivity contribution in [1.29, 1.82) is 0 Å². The van der Waals surface area contributed by atoms with E-state index in [0.717, 1.165) is 0 Å². The van der Waals surface area contributed by atoms with Crippen LogP contribution in [0.25, 0.3) is 0 Å². The first kappa shape index (κ1) is 11.4. The molecule has 0 fully saturated rings. The molecule has 1 aromatic carbocycles. The summed E-state index contributed by atoms with van der Waals surface area (Å²) in [5, 5.41) is 8.86. The Morgan fingerprint density at radius 1 is 1.33 bits per heavy atom. The van der Waals surface area contributed by atoms with E-state index >= 15 is 0 Å². The summed E-state index contributed by atoms with van der Waals surface area (Å²) in [6.45, 7) is 0. The second-order valence-corrected chi connectivity index (χ2v) is 2.04. The van der Waals surface area contributed by atoms with Crippen LogP contribution in [-0.2, 0) is 4.74 Å². The third kappa shape index (κ3) is 2.80. The predicted molar refractivity (Wildman–Crippen MR) is 48.0 cm³/mol. The molecule has 0 saturated heterocycles. The van der Waals surface area contributed by atoms with Crippen molar-refractivity contribution in [3.05, 3.63) is 29.8 Å². The Bertz CT molecular complexity index is 256. The van der Waals surface area contributed by atoms with Crippen LogP contribution in [0.15, 0.2) is 24.3 Å². The van der Waals surface area contributed by atoms with Crippen molar-refractivity contribution in [1.82, 2.24) is 0 Å². The second-order valence-electron chi connectivity index (χ2n) is 2.04. The molecule has 0 spiro atoms. The zero-order valence-electron chi connectivity index (χ0n) is 6.78. The van der Waals surface area contributed by atoms with Gasteiger partial charge in [-0.1, -0.05) is 0 Å². The molecule has 12 heavy (non-hydrogen) atoms. The third-order valence-electron chi connectivity index (χ3n) is 1.29. The van der Waals surface area contributed by atoms with E-state index in [1.807, 2.05) is 0 Å². The van der Waals surface area contributed by atoms with Gasteiger partial charge < -0.3 is 9.84 Å². The summed E-state index contributed by atoms with van der Waals surface area (Å²) in [6.07, 6.45) is 0. The van der Waals surface area contributed by atoms with Crippen LogP contribution < -0.4 is 0 Å².